The second-order valence-electron chi connectivity index (χ2n) is 7.74. The van der Waals surface area contributed by atoms with Crippen LogP contribution in [0.3, 0.4) is 0 Å². The molecule has 1 amide bonds. The number of carbonyl (C=O) groups excluding carboxylic acids is 1. The van der Waals surface area contributed by atoms with Gasteiger partial charge in [-0.1, -0.05) is 6.07 Å². The molecule has 3 aliphatic heterocycles. The Morgan fingerprint density at radius 2 is 2.31 bits per heavy atom. The third-order valence-electron chi connectivity index (χ3n) is 6.22. The molecule has 2 aromatic rings. The van der Waals surface area contributed by atoms with Gasteiger partial charge in [0.1, 0.15) is 5.82 Å². The number of pyridine rings is 1. The zero-order chi connectivity index (χ0) is 17.7. The quantitative estimate of drug-likeness (QED) is 0.914. The topological polar surface area (TPSA) is 67.6 Å². The van der Waals surface area contributed by atoms with Crippen molar-refractivity contribution in [2.24, 2.45) is 11.8 Å². The van der Waals surface area contributed by atoms with Gasteiger partial charge >= 0.3 is 0 Å². The highest BCUT2D eigenvalue weighted by molar-refractivity contribution is 5.91. The van der Waals surface area contributed by atoms with Crippen molar-refractivity contribution in [3.8, 4) is 0 Å². The second kappa shape index (κ2) is 5.84. The first-order valence-corrected chi connectivity index (χ1v) is 9.33. The predicted molar refractivity (Wildman–Crippen MR) is 96.0 cm³/mol. The van der Waals surface area contributed by atoms with Crippen LogP contribution in [0.1, 0.15) is 29.1 Å². The number of nitrogens with one attached hydrogen (secondary N) is 1. The largest absolute Gasteiger partial charge is 0.459 e. The summed E-state index contributed by atoms with van der Waals surface area (Å²) < 4.78 is 11.6. The fourth-order valence-corrected chi connectivity index (χ4v) is 5.05. The Balaban J connectivity index is 1.31. The standard InChI is InChI=1S/C20H23N3O3/c1-13-4-2-6-18(22-13)23-11-15-14(16-7-8-20(15,12-23)26-16)10-21-19(24)17-5-3-9-25-17/h2-6,9,14-16H,7-8,10-12H2,1H3,(H,21,24)/t14-,15+,16+,20+/m0/s1. The van der Waals surface area contributed by atoms with Crippen LogP contribution in [-0.4, -0.2) is 42.2 Å². The van der Waals surface area contributed by atoms with E-state index in [2.05, 4.69) is 27.3 Å². The van der Waals surface area contributed by atoms with Crippen molar-refractivity contribution in [1.29, 1.82) is 0 Å². The van der Waals surface area contributed by atoms with Crippen LogP contribution in [0.5, 0.6) is 0 Å². The number of carbonyl (C=O) groups is 1. The van der Waals surface area contributed by atoms with Gasteiger partial charge in [0.2, 0.25) is 0 Å². The van der Waals surface area contributed by atoms with Crippen LogP contribution < -0.4 is 10.2 Å². The van der Waals surface area contributed by atoms with Crippen LogP contribution in [-0.2, 0) is 4.74 Å². The number of fused-ring (bicyclic) bond motifs is 1. The summed E-state index contributed by atoms with van der Waals surface area (Å²) >= 11 is 0. The van der Waals surface area contributed by atoms with Crippen molar-refractivity contribution in [3.63, 3.8) is 0 Å². The first-order valence-electron chi connectivity index (χ1n) is 9.33. The molecular formula is C20H23N3O3. The van der Waals surface area contributed by atoms with E-state index in [-0.39, 0.29) is 17.6 Å². The lowest BCUT2D eigenvalue weighted by molar-refractivity contribution is 0.0141. The lowest BCUT2D eigenvalue weighted by Gasteiger charge is -2.29. The number of hydrogen-bond acceptors (Lipinski definition) is 5. The second-order valence-corrected chi connectivity index (χ2v) is 7.74. The van der Waals surface area contributed by atoms with Gasteiger partial charge in [0.25, 0.3) is 5.91 Å². The fourth-order valence-electron chi connectivity index (χ4n) is 5.05. The molecular weight excluding hydrogens is 330 g/mol. The zero-order valence-corrected chi connectivity index (χ0v) is 14.9. The Labute approximate surface area is 152 Å². The van der Waals surface area contributed by atoms with E-state index in [1.807, 2.05) is 13.0 Å². The highest BCUT2D eigenvalue weighted by atomic mass is 16.5. The molecule has 1 N–H and O–H groups in total. The maximum atomic E-state index is 12.2. The Morgan fingerprint density at radius 3 is 3.12 bits per heavy atom. The minimum Gasteiger partial charge on any atom is -0.459 e. The molecule has 3 aliphatic rings. The summed E-state index contributed by atoms with van der Waals surface area (Å²) in [6, 6.07) is 9.57. The lowest BCUT2D eigenvalue weighted by atomic mass is 9.73. The summed E-state index contributed by atoms with van der Waals surface area (Å²) in [4.78, 5) is 19.2. The van der Waals surface area contributed by atoms with Crippen molar-refractivity contribution in [1.82, 2.24) is 10.3 Å². The molecule has 2 aromatic heterocycles. The molecule has 26 heavy (non-hydrogen) atoms. The Morgan fingerprint density at radius 1 is 1.38 bits per heavy atom. The number of aryl methyl sites for hydroxylation is 1. The SMILES string of the molecule is Cc1cccc(N2C[C@@H]3[C@H](CNC(=O)c4ccco4)[C@H]4CC[C@]3(C2)O4)n1. The molecule has 6 heteroatoms. The van der Waals surface area contributed by atoms with Crippen LogP contribution >= 0.6 is 0 Å². The van der Waals surface area contributed by atoms with Gasteiger partial charge in [-0.05, 0) is 44.0 Å². The van der Waals surface area contributed by atoms with E-state index in [9.17, 15) is 4.79 Å². The van der Waals surface area contributed by atoms with Crippen molar-refractivity contribution >= 4 is 11.7 Å². The Kier molecular flexibility index (Phi) is 3.57. The number of aromatic nitrogens is 1. The molecule has 0 aromatic carbocycles. The Hall–Kier alpha value is -2.34. The average Bonchev–Trinajstić information content (AvgIpc) is 3.39. The van der Waals surface area contributed by atoms with E-state index in [1.54, 1.807) is 12.1 Å². The molecule has 0 aliphatic carbocycles. The molecule has 2 bridgehead atoms. The van der Waals surface area contributed by atoms with Gasteiger partial charge in [0, 0.05) is 37.2 Å². The van der Waals surface area contributed by atoms with E-state index in [0.29, 0.717) is 24.1 Å². The van der Waals surface area contributed by atoms with E-state index in [0.717, 1.165) is 37.4 Å². The van der Waals surface area contributed by atoms with Crippen LogP contribution in [0.4, 0.5) is 5.82 Å². The van der Waals surface area contributed by atoms with Crippen molar-refractivity contribution in [3.05, 3.63) is 48.0 Å². The third-order valence-corrected chi connectivity index (χ3v) is 6.22. The summed E-state index contributed by atoms with van der Waals surface area (Å²) in [5, 5.41) is 3.04. The molecule has 136 valence electrons. The molecule has 0 saturated carbocycles. The number of furan rings is 1. The van der Waals surface area contributed by atoms with Crippen molar-refractivity contribution in [2.45, 2.75) is 31.5 Å². The highest BCUT2D eigenvalue weighted by Crippen LogP contribution is 2.55. The highest BCUT2D eigenvalue weighted by Gasteiger charge is 2.63. The average molecular weight is 353 g/mol. The van der Waals surface area contributed by atoms with Gasteiger partial charge < -0.3 is 19.4 Å². The van der Waals surface area contributed by atoms with Crippen LogP contribution in [0.2, 0.25) is 0 Å². The fraction of sp³-hybridized carbons (Fsp3) is 0.500. The number of nitrogens with zero attached hydrogens (tertiary/aromatic N) is 2. The van der Waals surface area contributed by atoms with E-state index < -0.39 is 0 Å². The lowest BCUT2D eigenvalue weighted by Crippen LogP contribution is -2.41. The van der Waals surface area contributed by atoms with Gasteiger partial charge in [-0.2, -0.15) is 0 Å². The predicted octanol–water partition coefficient (Wildman–Crippen LogP) is 2.40. The molecule has 3 saturated heterocycles. The van der Waals surface area contributed by atoms with Crippen LogP contribution in [0.25, 0.3) is 0 Å². The number of anilines is 1. The first kappa shape index (κ1) is 15.9. The minimum absolute atomic E-state index is 0.0732. The maximum absolute atomic E-state index is 12.2. The molecule has 4 atom stereocenters. The molecule has 5 heterocycles. The molecule has 0 unspecified atom stereocenters. The third kappa shape index (κ3) is 2.43. The minimum atomic E-state index is -0.151. The summed E-state index contributed by atoms with van der Waals surface area (Å²) in [5.74, 6) is 2.01. The number of ether oxygens (including phenoxy) is 1. The normalized spacial score (nSPS) is 32.0. The number of amides is 1. The van der Waals surface area contributed by atoms with Crippen LogP contribution in [0.15, 0.2) is 41.0 Å². The van der Waals surface area contributed by atoms with E-state index in [1.165, 1.54) is 6.26 Å². The number of rotatable bonds is 4. The number of hydrogen-bond donors (Lipinski definition) is 1. The van der Waals surface area contributed by atoms with Gasteiger partial charge in [-0.25, -0.2) is 4.98 Å². The molecule has 6 nitrogen and oxygen atoms in total. The monoisotopic (exact) mass is 353 g/mol. The van der Waals surface area contributed by atoms with Gasteiger partial charge in [-0.15, -0.1) is 0 Å². The first-order chi connectivity index (χ1) is 12.6. The maximum Gasteiger partial charge on any atom is 0.286 e. The van der Waals surface area contributed by atoms with Crippen molar-refractivity contribution in [2.75, 3.05) is 24.5 Å². The smallest absolute Gasteiger partial charge is 0.286 e. The molecule has 3 fully saturated rings. The van der Waals surface area contributed by atoms with Gasteiger partial charge in [0.05, 0.1) is 18.0 Å². The van der Waals surface area contributed by atoms with Gasteiger partial charge in [0.15, 0.2) is 5.76 Å². The molecule has 1 spiro atoms. The van der Waals surface area contributed by atoms with E-state index in [4.69, 9.17) is 9.15 Å². The van der Waals surface area contributed by atoms with E-state index >= 15 is 0 Å². The van der Waals surface area contributed by atoms with Crippen molar-refractivity contribution < 1.29 is 13.9 Å². The summed E-state index contributed by atoms with van der Waals surface area (Å²) in [6.45, 7) is 4.49. The van der Waals surface area contributed by atoms with Crippen LogP contribution in [0, 0.1) is 18.8 Å². The molecule has 5 rings (SSSR count). The van der Waals surface area contributed by atoms with Gasteiger partial charge in [-0.3, -0.25) is 4.79 Å². The Bertz CT molecular complexity index is 821. The summed E-state index contributed by atoms with van der Waals surface area (Å²) in [5.41, 5.74) is 0.959. The summed E-state index contributed by atoms with van der Waals surface area (Å²) in [6.07, 6.45) is 3.96. The molecule has 0 radical (unpaired) electrons. The zero-order valence-electron chi connectivity index (χ0n) is 14.9. The summed E-state index contributed by atoms with van der Waals surface area (Å²) in [7, 11) is 0.